The van der Waals surface area contributed by atoms with Crippen LogP contribution in [0.15, 0.2) is 43.0 Å². The van der Waals surface area contributed by atoms with E-state index in [0.29, 0.717) is 29.2 Å². The van der Waals surface area contributed by atoms with Crippen molar-refractivity contribution in [2.45, 2.75) is 44.6 Å². The second-order valence-corrected chi connectivity index (χ2v) is 8.34. The number of rotatable bonds is 7. The maximum absolute atomic E-state index is 10.7. The molecule has 35 heavy (non-hydrogen) atoms. The monoisotopic (exact) mass is 476 g/mol. The first-order valence-corrected chi connectivity index (χ1v) is 11.0. The van der Waals surface area contributed by atoms with Crippen LogP contribution in [0, 0.1) is 11.3 Å². The van der Waals surface area contributed by atoms with Gasteiger partial charge in [-0.25, -0.2) is 9.97 Å². The molecule has 1 aromatic carbocycles. The predicted octanol–water partition coefficient (Wildman–Crippen LogP) is 1.26. The zero-order valence-corrected chi connectivity index (χ0v) is 19.1. The number of aromatic nitrogens is 6. The van der Waals surface area contributed by atoms with Gasteiger partial charge in [0, 0.05) is 25.4 Å². The first-order valence-electron chi connectivity index (χ1n) is 11.0. The number of hydrogen-bond donors (Lipinski definition) is 3. The van der Waals surface area contributed by atoms with Crippen molar-refractivity contribution < 1.29 is 19.7 Å². The van der Waals surface area contributed by atoms with Crippen LogP contribution in [0.4, 0.5) is 5.95 Å². The van der Waals surface area contributed by atoms with Crippen LogP contribution in [0.3, 0.4) is 0 Å². The molecule has 0 aliphatic carbocycles. The summed E-state index contributed by atoms with van der Waals surface area (Å²) < 4.78 is 15.1. The molecule has 4 heterocycles. The van der Waals surface area contributed by atoms with Crippen molar-refractivity contribution in [3.63, 3.8) is 0 Å². The van der Waals surface area contributed by atoms with E-state index in [1.807, 2.05) is 25.4 Å². The molecule has 180 valence electrons. The Bertz CT molecular complexity index is 1380. The van der Waals surface area contributed by atoms with Crippen LogP contribution >= 0.6 is 0 Å². The summed E-state index contributed by atoms with van der Waals surface area (Å²) in [4.78, 5) is 13.3. The Morgan fingerprint density at radius 3 is 2.63 bits per heavy atom. The average molecular weight is 476 g/mol. The maximum atomic E-state index is 10.7. The van der Waals surface area contributed by atoms with Gasteiger partial charge in [-0.15, -0.1) is 0 Å². The SMILES string of the molecule is C[C@H]1O[C@@H](n2c(NCc3cnn(C)c3)nc3c(OCc4ccc(C#N)cc4)ncnc32)[C@H](O)[C@@H]1O. The molecule has 4 atom stereocenters. The van der Waals surface area contributed by atoms with Crippen LogP contribution in [-0.2, 0) is 24.9 Å². The van der Waals surface area contributed by atoms with Crippen molar-refractivity contribution in [3.8, 4) is 11.9 Å². The van der Waals surface area contributed by atoms with E-state index < -0.39 is 24.5 Å². The lowest BCUT2D eigenvalue weighted by Gasteiger charge is -2.19. The van der Waals surface area contributed by atoms with Crippen LogP contribution in [0.25, 0.3) is 11.2 Å². The fourth-order valence-corrected chi connectivity index (χ4v) is 3.97. The summed E-state index contributed by atoms with van der Waals surface area (Å²) in [6.45, 7) is 2.31. The van der Waals surface area contributed by atoms with Gasteiger partial charge in [0.05, 0.1) is 23.9 Å². The summed E-state index contributed by atoms with van der Waals surface area (Å²) >= 11 is 0. The number of nitriles is 1. The van der Waals surface area contributed by atoms with E-state index in [4.69, 9.17) is 14.7 Å². The van der Waals surface area contributed by atoms with Crippen molar-refractivity contribution in [3.05, 3.63) is 59.7 Å². The van der Waals surface area contributed by atoms with E-state index in [1.54, 1.807) is 34.5 Å². The molecule has 1 aliphatic heterocycles. The summed E-state index contributed by atoms with van der Waals surface area (Å²) in [5, 5.41) is 37.4. The number of aryl methyl sites for hydroxylation is 1. The number of aliphatic hydroxyl groups is 2. The minimum absolute atomic E-state index is 0.210. The molecule has 0 bridgehead atoms. The number of anilines is 1. The van der Waals surface area contributed by atoms with Gasteiger partial charge in [0.2, 0.25) is 11.8 Å². The third-order valence-corrected chi connectivity index (χ3v) is 5.84. The maximum Gasteiger partial charge on any atom is 0.245 e. The van der Waals surface area contributed by atoms with Crippen LogP contribution in [0.2, 0.25) is 0 Å². The van der Waals surface area contributed by atoms with Gasteiger partial charge in [-0.3, -0.25) is 9.25 Å². The van der Waals surface area contributed by atoms with E-state index in [0.717, 1.165) is 11.1 Å². The Kier molecular flexibility index (Phi) is 6.04. The first kappa shape index (κ1) is 22.7. The van der Waals surface area contributed by atoms with Crippen LogP contribution < -0.4 is 10.1 Å². The number of nitrogens with zero attached hydrogens (tertiary/aromatic N) is 7. The van der Waals surface area contributed by atoms with Crippen molar-refractivity contribution >= 4 is 17.1 Å². The van der Waals surface area contributed by atoms with E-state index in [-0.39, 0.29) is 12.5 Å². The number of ether oxygens (including phenoxy) is 2. The van der Waals surface area contributed by atoms with Gasteiger partial charge >= 0.3 is 0 Å². The minimum atomic E-state index is -1.18. The topological polar surface area (TPSA) is 156 Å². The van der Waals surface area contributed by atoms with Crippen LogP contribution in [0.1, 0.15) is 29.8 Å². The highest BCUT2D eigenvalue weighted by molar-refractivity contribution is 5.79. The van der Waals surface area contributed by atoms with E-state index in [2.05, 4.69) is 31.4 Å². The van der Waals surface area contributed by atoms with E-state index in [9.17, 15) is 10.2 Å². The van der Waals surface area contributed by atoms with Gasteiger partial charge in [-0.05, 0) is 24.6 Å². The summed E-state index contributed by atoms with van der Waals surface area (Å²) in [5.74, 6) is 0.626. The third-order valence-electron chi connectivity index (χ3n) is 5.84. The fourth-order valence-electron chi connectivity index (χ4n) is 3.97. The number of hydrogen-bond acceptors (Lipinski definition) is 10. The molecule has 0 saturated carbocycles. The smallest absolute Gasteiger partial charge is 0.245 e. The quantitative estimate of drug-likeness (QED) is 0.355. The third kappa shape index (κ3) is 4.40. The van der Waals surface area contributed by atoms with E-state index >= 15 is 0 Å². The molecule has 4 aromatic rings. The zero-order chi connectivity index (χ0) is 24.5. The largest absolute Gasteiger partial charge is 0.471 e. The molecule has 3 N–H and O–H groups in total. The highest BCUT2D eigenvalue weighted by Gasteiger charge is 2.43. The minimum Gasteiger partial charge on any atom is -0.471 e. The Morgan fingerprint density at radius 1 is 1.17 bits per heavy atom. The summed E-state index contributed by atoms with van der Waals surface area (Å²) in [7, 11) is 1.83. The molecule has 12 heteroatoms. The number of fused-ring (bicyclic) bond motifs is 1. The number of benzene rings is 1. The number of nitrogens with one attached hydrogen (secondary N) is 1. The van der Waals surface area contributed by atoms with Crippen LogP contribution in [0.5, 0.6) is 5.88 Å². The molecular formula is C23H24N8O4. The molecule has 1 aliphatic rings. The normalized spacial score (nSPS) is 21.8. The van der Waals surface area contributed by atoms with Crippen LogP contribution in [-0.4, -0.2) is 57.8 Å². The molecule has 12 nitrogen and oxygen atoms in total. The molecule has 5 rings (SSSR count). The van der Waals surface area contributed by atoms with Crippen molar-refractivity contribution in [1.29, 1.82) is 5.26 Å². The van der Waals surface area contributed by atoms with Gasteiger partial charge in [0.15, 0.2) is 17.4 Å². The predicted molar refractivity (Wildman–Crippen MR) is 123 cm³/mol. The second kappa shape index (κ2) is 9.30. The zero-order valence-electron chi connectivity index (χ0n) is 19.1. The molecule has 0 unspecified atom stereocenters. The standard InChI is InChI=1S/C23H24N8O4/c1-13-18(32)19(33)22(35-13)31-20-17(29-23(31)25-8-16-9-28-30(2)10-16)21(27-12-26-20)34-11-15-5-3-14(7-24)4-6-15/h3-6,9-10,12-13,18-19,22,32-33H,8,11H2,1-2H3,(H,25,29)/t13-,18-,19-,22-/m1/s1. The average Bonchev–Trinajstić information content (AvgIpc) is 3.53. The number of imidazole rings is 1. The molecule has 0 spiro atoms. The lowest BCUT2D eigenvalue weighted by Crippen LogP contribution is -2.30. The lowest BCUT2D eigenvalue weighted by atomic mass is 10.1. The first-order chi connectivity index (χ1) is 16.9. The molecule has 0 radical (unpaired) electrons. The second-order valence-electron chi connectivity index (χ2n) is 8.34. The van der Waals surface area contributed by atoms with Crippen molar-refractivity contribution in [2.75, 3.05) is 5.32 Å². The van der Waals surface area contributed by atoms with Gasteiger partial charge in [-0.2, -0.15) is 15.3 Å². The molecular weight excluding hydrogens is 452 g/mol. The Hall–Kier alpha value is -4.05. The lowest BCUT2D eigenvalue weighted by molar-refractivity contribution is -0.0287. The van der Waals surface area contributed by atoms with Gasteiger partial charge in [0.25, 0.3) is 0 Å². The van der Waals surface area contributed by atoms with Gasteiger partial charge in [0.1, 0.15) is 25.1 Å². The van der Waals surface area contributed by atoms with Crippen molar-refractivity contribution in [1.82, 2.24) is 29.3 Å². The van der Waals surface area contributed by atoms with Crippen molar-refractivity contribution in [2.24, 2.45) is 7.05 Å². The Labute approximate surface area is 200 Å². The Morgan fingerprint density at radius 2 is 1.97 bits per heavy atom. The van der Waals surface area contributed by atoms with E-state index in [1.165, 1.54) is 6.33 Å². The molecule has 1 fully saturated rings. The summed E-state index contributed by atoms with van der Waals surface area (Å²) in [6.07, 6.45) is 1.23. The molecule has 1 saturated heterocycles. The summed E-state index contributed by atoms with van der Waals surface area (Å²) in [6, 6.07) is 9.14. The number of aliphatic hydroxyl groups excluding tert-OH is 2. The molecule has 3 aromatic heterocycles. The molecule has 0 amide bonds. The van der Waals surface area contributed by atoms with Gasteiger partial charge < -0.3 is 25.0 Å². The van der Waals surface area contributed by atoms with Gasteiger partial charge in [-0.1, -0.05) is 12.1 Å². The highest BCUT2D eigenvalue weighted by Crippen LogP contribution is 2.36. The Balaban J connectivity index is 1.49. The summed E-state index contributed by atoms with van der Waals surface area (Å²) in [5.41, 5.74) is 3.11. The highest BCUT2D eigenvalue weighted by atomic mass is 16.6. The fraction of sp³-hybridized carbons (Fsp3) is 0.348.